The number of hydrogen-bond donors (Lipinski definition) is 1. The number of carboxylic acid groups (broad SMARTS) is 1. The molecule has 110 valence electrons. The molecule has 0 bridgehead atoms. The highest BCUT2D eigenvalue weighted by molar-refractivity contribution is 5.76. The Morgan fingerprint density at radius 1 is 1.47 bits per heavy atom. The fourth-order valence-electron chi connectivity index (χ4n) is 2.89. The number of carboxylic acids is 1. The smallest absolute Gasteiger partial charge is 0.406 e. The standard InChI is InChI=1S/C12H18F3NO3/c13-12(14,15)11(10(17)18)3-4-16(8-11)6-9-2-1-5-19-7-9/h9H,1-8H2,(H,17,18). The van der Waals surface area contributed by atoms with Crippen LogP contribution in [-0.2, 0) is 9.53 Å². The van der Waals surface area contributed by atoms with Crippen molar-refractivity contribution in [3.8, 4) is 0 Å². The molecule has 0 aromatic carbocycles. The Morgan fingerprint density at radius 2 is 2.21 bits per heavy atom. The lowest BCUT2D eigenvalue weighted by molar-refractivity contribution is -0.227. The lowest BCUT2D eigenvalue weighted by atomic mass is 9.86. The zero-order valence-electron chi connectivity index (χ0n) is 10.6. The van der Waals surface area contributed by atoms with E-state index in [0.29, 0.717) is 19.8 Å². The summed E-state index contributed by atoms with van der Waals surface area (Å²) >= 11 is 0. The number of hydrogen-bond acceptors (Lipinski definition) is 3. The van der Waals surface area contributed by atoms with Gasteiger partial charge in [-0.3, -0.25) is 4.79 Å². The fraction of sp³-hybridized carbons (Fsp3) is 0.917. The molecule has 2 fully saturated rings. The molecule has 0 radical (unpaired) electrons. The SMILES string of the molecule is O=C(O)C1(C(F)(F)F)CCN(CC2CCCOC2)C1. The summed E-state index contributed by atoms with van der Waals surface area (Å²) in [5.41, 5.74) is -2.59. The third-order valence-electron chi connectivity index (χ3n) is 4.07. The van der Waals surface area contributed by atoms with Crippen molar-refractivity contribution in [1.82, 2.24) is 4.90 Å². The van der Waals surface area contributed by atoms with E-state index in [1.54, 1.807) is 4.90 Å². The summed E-state index contributed by atoms with van der Waals surface area (Å²) < 4.78 is 44.3. The van der Waals surface area contributed by atoms with Crippen molar-refractivity contribution in [2.45, 2.75) is 25.4 Å². The number of ether oxygens (including phenoxy) is 1. The average Bonchev–Trinajstić information content (AvgIpc) is 2.75. The summed E-state index contributed by atoms with van der Waals surface area (Å²) in [6.07, 6.45) is -3.21. The molecule has 19 heavy (non-hydrogen) atoms. The van der Waals surface area contributed by atoms with Crippen LogP contribution in [0.3, 0.4) is 0 Å². The fourth-order valence-corrected chi connectivity index (χ4v) is 2.89. The summed E-state index contributed by atoms with van der Waals surface area (Å²) in [7, 11) is 0. The van der Waals surface area contributed by atoms with Crippen LogP contribution in [0, 0.1) is 11.3 Å². The average molecular weight is 281 g/mol. The van der Waals surface area contributed by atoms with E-state index in [0.717, 1.165) is 12.8 Å². The Morgan fingerprint density at radius 3 is 2.68 bits per heavy atom. The predicted molar refractivity (Wildman–Crippen MR) is 60.7 cm³/mol. The minimum absolute atomic E-state index is 0.183. The van der Waals surface area contributed by atoms with E-state index in [4.69, 9.17) is 9.84 Å². The van der Waals surface area contributed by atoms with Gasteiger partial charge in [-0.1, -0.05) is 0 Å². The number of aliphatic carboxylic acids is 1. The molecule has 0 amide bonds. The monoisotopic (exact) mass is 281 g/mol. The predicted octanol–water partition coefficient (Wildman–Crippen LogP) is 1.75. The Balaban J connectivity index is 1.99. The van der Waals surface area contributed by atoms with Gasteiger partial charge in [0.15, 0.2) is 5.41 Å². The molecule has 0 aromatic rings. The Labute approximate surface area is 109 Å². The summed E-state index contributed by atoms with van der Waals surface area (Å²) in [6.45, 7) is 1.50. The number of carbonyl (C=O) groups is 1. The van der Waals surface area contributed by atoms with E-state index >= 15 is 0 Å². The molecule has 2 rings (SSSR count). The van der Waals surface area contributed by atoms with Crippen molar-refractivity contribution in [3.05, 3.63) is 0 Å². The first kappa shape index (κ1) is 14.6. The molecule has 2 aliphatic rings. The van der Waals surface area contributed by atoms with Crippen LogP contribution in [0.25, 0.3) is 0 Å². The minimum atomic E-state index is -4.70. The molecule has 2 saturated heterocycles. The second kappa shape index (κ2) is 5.28. The molecule has 2 atom stereocenters. The molecular weight excluding hydrogens is 263 g/mol. The molecule has 2 unspecified atom stereocenters. The van der Waals surface area contributed by atoms with Crippen LogP contribution in [0.4, 0.5) is 13.2 Å². The largest absolute Gasteiger partial charge is 0.481 e. The Hall–Kier alpha value is -0.820. The number of nitrogens with zero attached hydrogens (tertiary/aromatic N) is 1. The molecule has 1 N–H and O–H groups in total. The highest BCUT2D eigenvalue weighted by Gasteiger charge is 2.63. The lowest BCUT2D eigenvalue weighted by Gasteiger charge is -2.29. The van der Waals surface area contributed by atoms with Crippen molar-refractivity contribution in [3.63, 3.8) is 0 Å². The second-order valence-electron chi connectivity index (χ2n) is 5.45. The quantitative estimate of drug-likeness (QED) is 0.856. The van der Waals surface area contributed by atoms with Gasteiger partial charge in [0.05, 0.1) is 6.61 Å². The molecular formula is C12H18F3NO3. The molecule has 0 saturated carbocycles. The number of likely N-dealkylation sites (tertiary alicyclic amines) is 1. The van der Waals surface area contributed by atoms with E-state index in [-0.39, 0.29) is 18.9 Å². The van der Waals surface area contributed by atoms with Crippen LogP contribution in [0.5, 0.6) is 0 Å². The van der Waals surface area contributed by atoms with Gasteiger partial charge in [-0.05, 0) is 31.7 Å². The van der Waals surface area contributed by atoms with E-state index in [1.165, 1.54) is 0 Å². The van der Waals surface area contributed by atoms with Crippen LogP contribution >= 0.6 is 0 Å². The normalized spacial score (nSPS) is 33.5. The maximum Gasteiger partial charge on any atom is 0.406 e. The second-order valence-corrected chi connectivity index (χ2v) is 5.45. The first-order valence-electron chi connectivity index (χ1n) is 6.45. The summed E-state index contributed by atoms with van der Waals surface area (Å²) in [5, 5.41) is 8.95. The Bertz CT molecular complexity index is 342. The van der Waals surface area contributed by atoms with Gasteiger partial charge in [0.2, 0.25) is 0 Å². The van der Waals surface area contributed by atoms with Crippen LogP contribution < -0.4 is 0 Å². The zero-order valence-corrected chi connectivity index (χ0v) is 10.6. The van der Waals surface area contributed by atoms with Crippen molar-refractivity contribution in [2.75, 3.05) is 32.8 Å². The third-order valence-corrected chi connectivity index (χ3v) is 4.07. The van der Waals surface area contributed by atoms with Gasteiger partial charge >= 0.3 is 12.1 Å². The number of halogens is 3. The minimum Gasteiger partial charge on any atom is -0.481 e. The maximum atomic E-state index is 13.0. The maximum absolute atomic E-state index is 13.0. The molecule has 0 spiro atoms. The van der Waals surface area contributed by atoms with Crippen molar-refractivity contribution in [2.24, 2.45) is 11.3 Å². The van der Waals surface area contributed by atoms with Gasteiger partial charge < -0.3 is 14.7 Å². The molecule has 0 aliphatic carbocycles. The van der Waals surface area contributed by atoms with Gasteiger partial charge in [0, 0.05) is 19.7 Å². The van der Waals surface area contributed by atoms with E-state index in [1.807, 2.05) is 0 Å². The van der Waals surface area contributed by atoms with E-state index in [2.05, 4.69) is 0 Å². The third kappa shape index (κ3) is 2.86. The van der Waals surface area contributed by atoms with Crippen LogP contribution in [0.1, 0.15) is 19.3 Å². The van der Waals surface area contributed by atoms with Crippen LogP contribution in [-0.4, -0.2) is 55.0 Å². The first-order chi connectivity index (χ1) is 8.85. The van der Waals surface area contributed by atoms with Crippen molar-refractivity contribution in [1.29, 1.82) is 0 Å². The zero-order chi connectivity index (χ0) is 14.1. The number of alkyl halides is 3. The van der Waals surface area contributed by atoms with Gasteiger partial charge in [-0.25, -0.2) is 0 Å². The van der Waals surface area contributed by atoms with E-state index in [9.17, 15) is 18.0 Å². The molecule has 4 nitrogen and oxygen atoms in total. The Kier molecular flexibility index (Phi) is 4.06. The van der Waals surface area contributed by atoms with Gasteiger partial charge in [0.1, 0.15) is 0 Å². The van der Waals surface area contributed by atoms with Crippen molar-refractivity contribution < 1.29 is 27.8 Å². The molecule has 7 heteroatoms. The first-order valence-corrected chi connectivity index (χ1v) is 6.45. The van der Waals surface area contributed by atoms with Gasteiger partial charge in [-0.15, -0.1) is 0 Å². The molecule has 0 aromatic heterocycles. The molecule has 2 heterocycles. The highest BCUT2D eigenvalue weighted by atomic mass is 19.4. The van der Waals surface area contributed by atoms with Gasteiger partial charge in [-0.2, -0.15) is 13.2 Å². The highest BCUT2D eigenvalue weighted by Crippen LogP contribution is 2.45. The van der Waals surface area contributed by atoms with Crippen LogP contribution in [0.15, 0.2) is 0 Å². The topological polar surface area (TPSA) is 49.8 Å². The van der Waals surface area contributed by atoms with Crippen LogP contribution in [0.2, 0.25) is 0 Å². The number of rotatable bonds is 3. The lowest BCUT2D eigenvalue weighted by Crippen LogP contribution is -2.47. The summed E-state index contributed by atoms with van der Waals surface area (Å²) in [5.74, 6) is -1.55. The van der Waals surface area contributed by atoms with Crippen molar-refractivity contribution >= 4 is 5.97 Å². The summed E-state index contributed by atoms with van der Waals surface area (Å²) in [6, 6.07) is 0. The molecule has 2 aliphatic heterocycles. The van der Waals surface area contributed by atoms with Gasteiger partial charge in [0.25, 0.3) is 0 Å². The summed E-state index contributed by atoms with van der Waals surface area (Å²) in [4.78, 5) is 12.6. The van der Waals surface area contributed by atoms with E-state index < -0.39 is 24.1 Å².